The predicted octanol–water partition coefficient (Wildman–Crippen LogP) is -7.84. The summed E-state index contributed by atoms with van der Waals surface area (Å²) >= 11 is 0. The standard InChI is InChI=1S/C7H12O4.K.Li/c1-7(2,3)4(5(8)9)6(10)11;;/h4H,1-3H3,(H,8,9)(H,10,11);;/q;2*+1/p-2. The summed E-state index contributed by atoms with van der Waals surface area (Å²) < 4.78 is 0. The summed E-state index contributed by atoms with van der Waals surface area (Å²) in [5, 5.41) is 20.5. The zero-order valence-electron chi connectivity index (χ0n) is 8.71. The molecule has 0 aromatic rings. The maximum Gasteiger partial charge on any atom is 1.00 e. The molecule has 0 saturated heterocycles. The molecular weight excluding hydrogens is 194 g/mol. The van der Waals surface area contributed by atoms with E-state index in [0.717, 1.165) is 0 Å². The van der Waals surface area contributed by atoms with Crippen LogP contribution in [-0.2, 0) is 9.59 Å². The Labute approximate surface area is 132 Å². The van der Waals surface area contributed by atoms with Crippen molar-refractivity contribution in [3.05, 3.63) is 0 Å². The Morgan fingerprint density at radius 1 is 1.08 bits per heavy atom. The van der Waals surface area contributed by atoms with Crippen molar-refractivity contribution in [3.8, 4) is 0 Å². The van der Waals surface area contributed by atoms with Crippen LogP contribution in [-0.4, -0.2) is 11.9 Å². The van der Waals surface area contributed by atoms with Gasteiger partial charge in [-0.1, -0.05) is 20.8 Å². The van der Waals surface area contributed by atoms with Crippen LogP contribution in [0.5, 0.6) is 0 Å². The van der Waals surface area contributed by atoms with Crippen LogP contribution in [0.4, 0.5) is 0 Å². The van der Waals surface area contributed by atoms with Crippen molar-refractivity contribution < 1.29 is 90.0 Å². The first kappa shape index (κ1) is 19.7. The van der Waals surface area contributed by atoms with Crippen LogP contribution >= 0.6 is 0 Å². The Morgan fingerprint density at radius 3 is 1.31 bits per heavy atom. The summed E-state index contributed by atoms with van der Waals surface area (Å²) in [6, 6.07) is 0. The Hall–Kier alpha value is 1.17. The number of hydrogen-bond donors (Lipinski definition) is 0. The topological polar surface area (TPSA) is 80.3 Å². The molecule has 4 nitrogen and oxygen atoms in total. The van der Waals surface area contributed by atoms with Gasteiger partial charge in [-0.25, -0.2) is 0 Å². The third-order valence-electron chi connectivity index (χ3n) is 1.34. The van der Waals surface area contributed by atoms with Gasteiger partial charge in [-0.3, -0.25) is 0 Å². The fraction of sp³-hybridized carbons (Fsp3) is 0.714. The van der Waals surface area contributed by atoms with Crippen LogP contribution < -0.4 is 80.5 Å². The van der Waals surface area contributed by atoms with Crippen molar-refractivity contribution in [2.45, 2.75) is 20.8 Å². The summed E-state index contributed by atoms with van der Waals surface area (Å²) in [5.74, 6) is -4.75. The van der Waals surface area contributed by atoms with Gasteiger partial charge >= 0.3 is 70.2 Å². The molecule has 0 aliphatic carbocycles. The number of carbonyl (C=O) groups excluding carboxylic acids is 2. The number of rotatable bonds is 2. The van der Waals surface area contributed by atoms with E-state index in [0.29, 0.717) is 0 Å². The normalized spacial score (nSPS) is 9.85. The fourth-order valence-corrected chi connectivity index (χ4v) is 0.803. The van der Waals surface area contributed by atoms with Crippen LogP contribution in [0.15, 0.2) is 0 Å². The molecule has 0 aliphatic rings. The van der Waals surface area contributed by atoms with E-state index >= 15 is 0 Å². The molecule has 0 bridgehead atoms. The zero-order valence-corrected chi connectivity index (χ0v) is 11.8. The largest absolute Gasteiger partial charge is 1.00 e. The molecule has 13 heavy (non-hydrogen) atoms. The molecule has 0 N–H and O–H groups in total. The molecular formula is C7H10KLiO4. The van der Waals surface area contributed by atoms with Crippen molar-refractivity contribution in [2.24, 2.45) is 11.3 Å². The molecule has 0 spiro atoms. The predicted molar refractivity (Wildman–Crippen MR) is 33.0 cm³/mol. The number of carboxylic acids is 2. The molecule has 0 aromatic heterocycles. The average molecular weight is 204 g/mol. The minimum Gasteiger partial charge on any atom is -0.549 e. The van der Waals surface area contributed by atoms with Crippen LogP contribution in [0.3, 0.4) is 0 Å². The van der Waals surface area contributed by atoms with Gasteiger partial charge in [0.05, 0.1) is 11.9 Å². The molecule has 64 valence electrons. The van der Waals surface area contributed by atoms with E-state index in [1.807, 2.05) is 0 Å². The summed E-state index contributed by atoms with van der Waals surface area (Å²) in [6.07, 6.45) is 0. The molecule has 0 fully saturated rings. The third kappa shape index (κ3) is 7.14. The molecule has 0 saturated carbocycles. The SMILES string of the molecule is CC(C)(C)C(C(=O)[O-])C(=O)[O-].[K+].[Li+]. The van der Waals surface area contributed by atoms with Crippen LogP contribution in [0, 0.1) is 11.3 Å². The maximum absolute atomic E-state index is 10.3. The van der Waals surface area contributed by atoms with Gasteiger partial charge < -0.3 is 19.8 Å². The van der Waals surface area contributed by atoms with Crippen LogP contribution in [0.1, 0.15) is 20.8 Å². The first-order valence-electron chi connectivity index (χ1n) is 3.18. The molecule has 6 heteroatoms. The molecule has 0 aliphatic heterocycles. The molecule has 0 heterocycles. The van der Waals surface area contributed by atoms with Crippen molar-refractivity contribution in [2.75, 3.05) is 0 Å². The van der Waals surface area contributed by atoms with Gasteiger partial charge in [0, 0.05) is 5.92 Å². The Morgan fingerprint density at radius 2 is 1.31 bits per heavy atom. The van der Waals surface area contributed by atoms with Gasteiger partial charge in [0.25, 0.3) is 0 Å². The van der Waals surface area contributed by atoms with E-state index in [2.05, 4.69) is 0 Å². The average Bonchev–Trinajstić information content (AvgIpc) is 1.54. The van der Waals surface area contributed by atoms with Gasteiger partial charge in [0.2, 0.25) is 0 Å². The number of aliphatic carboxylic acids is 2. The van der Waals surface area contributed by atoms with E-state index in [9.17, 15) is 19.8 Å². The summed E-state index contributed by atoms with van der Waals surface area (Å²) in [7, 11) is 0. The molecule has 0 unspecified atom stereocenters. The fourth-order valence-electron chi connectivity index (χ4n) is 0.803. The minimum absolute atomic E-state index is 0. The Balaban J connectivity index is -0.000000500. The zero-order chi connectivity index (χ0) is 9.23. The van der Waals surface area contributed by atoms with E-state index in [4.69, 9.17) is 0 Å². The maximum atomic E-state index is 10.3. The number of carbonyl (C=O) groups is 2. The number of hydrogen-bond acceptors (Lipinski definition) is 4. The van der Waals surface area contributed by atoms with E-state index < -0.39 is 23.3 Å². The molecule has 0 atom stereocenters. The summed E-state index contributed by atoms with van der Waals surface area (Å²) in [6.45, 7) is 4.51. The van der Waals surface area contributed by atoms with E-state index in [-0.39, 0.29) is 70.2 Å². The van der Waals surface area contributed by atoms with E-state index in [1.165, 1.54) is 20.8 Å². The van der Waals surface area contributed by atoms with Crippen molar-refractivity contribution in [1.82, 2.24) is 0 Å². The Bertz CT molecular complexity index is 173. The van der Waals surface area contributed by atoms with Crippen LogP contribution in [0.2, 0.25) is 0 Å². The minimum atomic E-state index is -1.60. The summed E-state index contributed by atoms with van der Waals surface area (Å²) in [5.41, 5.74) is -0.863. The van der Waals surface area contributed by atoms with E-state index in [1.54, 1.807) is 0 Å². The first-order valence-corrected chi connectivity index (χ1v) is 3.18. The smallest absolute Gasteiger partial charge is 0.549 e. The molecule has 0 radical (unpaired) electrons. The second-order valence-corrected chi connectivity index (χ2v) is 3.44. The summed E-state index contributed by atoms with van der Waals surface area (Å²) in [4.78, 5) is 20.5. The monoisotopic (exact) mass is 204 g/mol. The van der Waals surface area contributed by atoms with Gasteiger partial charge in [0.15, 0.2) is 0 Å². The molecule has 0 amide bonds. The third-order valence-corrected chi connectivity index (χ3v) is 1.34. The van der Waals surface area contributed by atoms with Crippen molar-refractivity contribution in [3.63, 3.8) is 0 Å². The molecule has 0 rings (SSSR count). The van der Waals surface area contributed by atoms with Crippen molar-refractivity contribution >= 4 is 11.9 Å². The second kappa shape index (κ2) is 7.46. The quantitative estimate of drug-likeness (QED) is 0.330. The molecule has 0 aromatic carbocycles. The van der Waals surface area contributed by atoms with Gasteiger partial charge in [-0.15, -0.1) is 0 Å². The van der Waals surface area contributed by atoms with Crippen LogP contribution in [0.25, 0.3) is 0 Å². The van der Waals surface area contributed by atoms with Crippen molar-refractivity contribution in [1.29, 1.82) is 0 Å². The number of carboxylic acid groups (broad SMARTS) is 2. The second-order valence-electron chi connectivity index (χ2n) is 3.44. The first-order chi connectivity index (χ1) is 4.76. The van der Waals surface area contributed by atoms with Gasteiger partial charge in [0.1, 0.15) is 0 Å². The van der Waals surface area contributed by atoms with Gasteiger partial charge in [-0.2, -0.15) is 0 Å². The van der Waals surface area contributed by atoms with Gasteiger partial charge in [-0.05, 0) is 5.41 Å². The Kier molecular flexibility index (Phi) is 11.3.